The van der Waals surface area contributed by atoms with Crippen molar-refractivity contribution >= 4 is 11.6 Å². The highest BCUT2D eigenvalue weighted by molar-refractivity contribution is 6.30. The standard InChI is InChI=1S/C18H21ClFN/c1-12(2)15-5-7-16(8-6-15)13(3)21-11-14-4-9-17(19)18(20)10-14/h4-10,12-13,21H,11H2,1-3H3. The average molecular weight is 306 g/mol. The van der Waals surface area contributed by atoms with Crippen LogP contribution in [0.4, 0.5) is 4.39 Å². The van der Waals surface area contributed by atoms with Crippen molar-refractivity contribution in [1.29, 1.82) is 0 Å². The van der Waals surface area contributed by atoms with Gasteiger partial charge >= 0.3 is 0 Å². The molecule has 0 radical (unpaired) electrons. The van der Waals surface area contributed by atoms with E-state index in [9.17, 15) is 4.39 Å². The average Bonchev–Trinajstić information content (AvgIpc) is 2.48. The van der Waals surface area contributed by atoms with Gasteiger partial charge < -0.3 is 5.32 Å². The Balaban J connectivity index is 1.97. The molecule has 0 aliphatic rings. The van der Waals surface area contributed by atoms with Crippen molar-refractivity contribution in [1.82, 2.24) is 5.32 Å². The fraction of sp³-hybridized carbons (Fsp3) is 0.333. The maximum atomic E-state index is 13.4. The van der Waals surface area contributed by atoms with Crippen LogP contribution in [0, 0.1) is 5.82 Å². The van der Waals surface area contributed by atoms with Crippen molar-refractivity contribution < 1.29 is 4.39 Å². The summed E-state index contributed by atoms with van der Waals surface area (Å²) < 4.78 is 13.4. The summed E-state index contributed by atoms with van der Waals surface area (Å²) in [5.74, 6) is 0.171. The van der Waals surface area contributed by atoms with Crippen LogP contribution < -0.4 is 5.32 Å². The predicted octanol–water partition coefficient (Wildman–Crippen LogP) is 5.45. The van der Waals surface area contributed by atoms with Gasteiger partial charge in [-0.05, 0) is 41.7 Å². The van der Waals surface area contributed by atoms with E-state index in [0.29, 0.717) is 12.5 Å². The summed E-state index contributed by atoms with van der Waals surface area (Å²) >= 11 is 5.68. The molecule has 21 heavy (non-hydrogen) atoms. The lowest BCUT2D eigenvalue weighted by atomic mass is 9.99. The number of benzene rings is 2. The van der Waals surface area contributed by atoms with Gasteiger partial charge in [0.1, 0.15) is 5.82 Å². The fourth-order valence-corrected chi connectivity index (χ4v) is 2.33. The van der Waals surface area contributed by atoms with E-state index in [1.165, 1.54) is 17.2 Å². The van der Waals surface area contributed by atoms with E-state index in [-0.39, 0.29) is 16.9 Å². The lowest BCUT2D eigenvalue weighted by Gasteiger charge is -2.15. The maximum absolute atomic E-state index is 13.4. The Morgan fingerprint density at radius 1 is 1.00 bits per heavy atom. The molecule has 2 aromatic rings. The summed E-state index contributed by atoms with van der Waals surface area (Å²) in [6.45, 7) is 7.09. The van der Waals surface area contributed by atoms with E-state index in [0.717, 1.165) is 5.56 Å². The number of hydrogen-bond donors (Lipinski definition) is 1. The molecule has 0 fully saturated rings. The van der Waals surface area contributed by atoms with Gasteiger partial charge in [0.15, 0.2) is 0 Å². The SMILES string of the molecule is CC(C)c1ccc(C(C)NCc2ccc(Cl)c(F)c2)cc1. The summed E-state index contributed by atoms with van der Waals surface area (Å²) in [6.07, 6.45) is 0. The predicted molar refractivity (Wildman–Crippen MR) is 87.2 cm³/mol. The Labute approximate surface area is 131 Å². The minimum absolute atomic E-state index is 0.163. The highest BCUT2D eigenvalue weighted by Gasteiger charge is 2.07. The molecule has 1 nitrogen and oxygen atoms in total. The van der Waals surface area contributed by atoms with Gasteiger partial charge in [-0.2, -0.15) is 0 Å². The Kier molecular flexibility index (Phi) is 5.38. The van der Waals surface area contributed by atoms with Gasteiger partial charge in [-0.25, -0.2) is 4.39 Å². The zero-order valence-electron chi connectivity index (χ0n) is 12.7. The monoisotopic (exact) mass is 305 g/mol. The topological polar surface area (TPSA) is 12.0 Å². The summed E-state index contributed by atoms with van der Waals surface area (Å²) in [7, 11) is 0. The van der Waals surface area contributed by atoms with Gasteiger partial charge in [-0.3, -0.25) is 0 Å². The normalized spacial score (nSPS) is 12.7. The Morgan fingerprint density at radius 2 is 1.62 bits per heavy atom. The Bertz CT molecular complexity index is 593. The number of nitrogens with one attached hydrogen (secondary N) is 1. The molecule has 0 spiro atoms. The molecular formula is C18H21ClFN. The van der Waals surface area contributed by atoms with Crippen LogP contribution in [0.5, 0.6) is 0 Å². The molecule has 0 saturated carbocycles. The van der Waals surface area contributed by atoms with E-state index >= 15 is 0 Å². The zero-order chi connectivity index (χ0) is 15.4. The highest BCUT2D eigenvalue weighted by Crippen LogP contribution is 2.20. The lowest BCUT2D eigenvalue weighted by Crippen LogP contribution is -2.18. The lowest BCUT2D eigenvalue weighted by molar-refractivity contribution is 0.569. The smallest absolute Gasteiger partial charge is 0.142 e. The highest BCUT2D eigenvalue weighted by atomic mass is 35.5. The van der Waals surface area contributed by atoms with E-state index in [4.69, 9.17) is 11.6 Å². The molecule has 0 bridgehead atoms. The van der Waals surface area contributed by atoms with Gasteiger partial charge in [-0.1, -0.05) is 55.8 Å². The van der Waals surface area contributed by atoms with Crippen molar-refractivity contribution in [3.63, 3.8) is 0 Å². The van der Waals surface area contributed by atoms with Crippen LogP contribution in [0.2, 0.25) is 5.02 Å². The van der Waals surface area contributed by atoms with Gasteiger partial charge in [0.2, 0.25) is 0 Å². The van der Waals surface area contributed by atoms with Gasteiger partial charge in [0.25, 0.3) is 0 Å². The van der Waals surface area contributed by atoms with Gasteiger partial charge in [0.05, 0.1) is 5.02 Å². The van der Waals surface area contributed by atoms with Crippen LogP contribution in [0.15, 0.2) is 42.5 Å². The van der Waals surface area contributed by atoms with Crippen LogP contribution in [0.25, 0.3) is 0 Å². The number of halogens is 2. The fourth-order valence-electron chi connectivity index (χ4n) is 2.21. The van der Waals surface area contributed by atoms with Crippen molar-refractivity contribution in [2.45, 2.75) is 39.3 Å². The second-order valence-electron chi connectivity index (χ2n) is 5.67. The summed E-state index contributed by atoms with van der Waals surface area (Å²) in [6, 6.07) is 13.8. The Morgan fingerprint density at radius 3 is 2.19 bits per heavy atom. The third-order valence-corrected chi connectivity index (χ3v) is 4.01. The first-order valence-corrected chi connectivity index (χ1v) is 7.62. The molecule has 0 aliphatic carbocycles. The van der Waals surface area contributed by atoms with Crippen molar-refractivity contribution in [3.05, 3.63) is 70.0 Å². The molecule has 0 aromatic heterocycles. The first-order valence-electron chi connectivity index (χ1n) is 7.24. The van der Waals surface area contributed by atoms with Crippen molar-refractivity contribution in [2.24, 2.45) is 0 Å². The first-order chi connectivity index (χ1) is 9.97. The van der Waals surface area contributed by atoms with Gasteiger partial charge in [0, 0.05) is 12.6 Å². The molecule has 2 rings (SSSR count). The van der Waals surface area contributed by atoms with Crippen LogP contribution >= 0.6 is 11.6 Å². The van der Waals surface area contributed by atoms with Crippen LogP contribution in [-0.2, 0) is 6.54 Å². The zero-order valence-corrected chi connectivity index (χ0v) is 13.4. The van der Waals surface area contributed by atoms with E-state index in [1.807, 2.05) is 6.07 Å². The third kappa shape index (κ3) is 4.29. The molecule has 0 saturated heterocycles. The number of rotatable bonds is 5. The molecule has 0 heterocycles. The molecule has 3 heteroatoms. The van der Waals surface area contributed by atoms with Gasteiger partial charge in [-0.15, -0.1) is 0 Å². The molecule has 1 unspecified atom stereocenters. The second-order valence-corrected chi connectivity index (χ2v) is 6.08. The van der Waals surface area contributed by atoms with Crippen molar-refractivity contribution in [2.75, 3.05) is 0 Å². The first kappa shape index (κ1) is 16.0. The minimum atomic E-state index is -0.370. The molecule has 0 amide bonds. The third-order valence-electron chi connectivity index (χ3n) is 3.70. The Hall–Kier alpha value is -1.38. The maximum Gasteiger partial charge on any atom is 0.142 e. The molecular weight excluding hydrogens is 285 g/mol. The van der Waals surface area contributed by atoms with Crippen molar-refractivity contribution in [3.8, 4) is 0 Å². The van der Waals surface area contributed by atoms with E-state index in [1.54, 1.807) is 6.07 Å². The van der Waals surface area contributed by atoms with E-state index < -0.39 is 0 Å². The summed E-state index contributed by atoms with van der Waals surface area (Å²) in [5, 5.41) is 3.56. The largest absolute Gasteiger partial charge is 0.306 e. The molecule has 112 valence electrons. The molecule has 1 N–H and O–H groups in total. The van der Waals surface area contributed by atoms with Crippen LogP contribution in [-0.4, -0.2) is 0 Å². The van der Waals surface area contributed by atoms with Crippen LogP contribution in [0.3, 0.4) is 0 Å². The minimum Gasteiger partial charge on any atom is -0.306 e. The second kappa shape index (κ2) is 7.06. The van der Waals surface area contributed by atoms with Crippen LogP contribution in [0.1, 0.15) is 49.4 Å². The number of hydrogen-bond acceptors (Lipinski definition) is 1. The molecule has 1 atom stereocenters. The summed E-state index contributed by atoms with van der Waals surface area (Å²) in [4.78, 5) is 0. The van der Waals surface area contributed by atoms with E-state index in [2.05, 4.69) is 50.4 Å². The molecule has 0 aliphatic heterocycles. The summed E-state index contributed by atoms with van der Waals surface area (Å²) in [5.41, 5.74) is 3.46. The molecule has 2 aromatic carbocycles. The quantitative estimate of drug-likeness (QED) is 0.774.